The van der Waals surface area contributed by atoms with E-state index in [0.29, 0.717) is 12.0 Å². The van der Waals surface area contributed by atoms with Gasteiger partial charge in [0.25, 0.3) is 0 Å². The minimum atomic E-state index is -0.187. The monoisotopic (exact) mass is 190 g/mol. The zero-order valence-corrected chi connectivity index (χ0v) is 8.20. The summed E-state index contributed by atoms with van der Waals surface area (Å²) in [5.74, 6) is 0. The fourth-order valence-corrected chi connectivity index (χ4v) is 1.47. The molecule has 0 saturated heterocycles. The molecule has 0 aromatic heterocycles. The van der Waals surface area contributed by atoms with E-state index < -0.39 is 0 Å². The van der Waals surface area contributed by atoms with Crippen molar-refractivity contribution in [3.63, 3.8) is 0 Å². The predicted molar refractivity (Wildman–Crippen MR) is 54.5 cm³/mol. The predicted octanol–water partition coefficient (Wildman–Crippen LogP) is 1.25. The molecule has 0 heterocycles. The van der Waals surface area contributed by atoms with E-state index in [-0.39, 0.29) is 12.6 Å². The Kier molecular flexibility index (Phi) is 3.63. The SMILES string of the molecule is Cc1c(C#N)cccc1C(N)CCO. The summed E-state index contributed by atoms with van der Waals surface area (Å²) in [4.78, 5) is 0. The van der Waals surface area contributed by atoms with Crippen LogP contribution in [0.3, 0.4) is 0 Å². The number of benzene rings is 1. The lowest BCUT2D eigenvalue weighted by molar-refractivity contribution is 0.276. The van der Waals surface area contributed by atoms with Gasteiger partial charge in [-0.15, -0.1) is 0 Å². The van der Waals surface area contributed by atoms with E-state index in [2.05, 4.69) is 6.07 Å². The summed E-state index contributed by atoms with van der Waals surface area (Å²) in [5.41, 5.74) is 8.37. The van der Waals surface area contributed by atoms with Crippen molar-refractivity contribution >= 4 is 0 Å². The van der Waals surface area contributed by atoms with Crippen molar-refractivity contribution < 1.29 is 5.11 Å². The molecule has 3 heteroatoms. The van der Waals surface area contributed by atoms with E-state index in [0.717, 1.165) is 11.1 Å². The molecule has 0 aliphatic heterocycles. The average molecular weight is 190 g/mol. The van der Waals surface area contributed by atoms with Crippen LogP contribution in [-0.2, 0) is 0 Å². The summed E-state index contributed by atoms with van der Waals surface area (Å²) < 4.78 is 0. The Morgan fingerprint density at radius 2 is 2.29 bits per heavy atom. The molecule has 1 rings (SSSR count). The Morgan fingerprint density at radius 1 is 1.57 bits per heavy atom. The molecule has 1 aromatic carbocycles. The van der Waals surface area contributed by atoms with E-state index in [4.69, 9.17) is 16.1 Å². The van der Waals surface area contributed by atoms with E-state index in [1.165, 1.54) is 0 Å². The lowest BCUT2D eigenvalue weighted by Gasteiger charge is -2.13. The quantitative estimate of drug-likeness (QED) is 0.753. The number of nitrogens with zero attached hydrogens (tertiary/aromatic N) is 1. The molecular formula is C11H14N2O. The summed E-state index contributed by atoms with van der Waals surface area (Å²) in [5, 5.41) is 17.6. The second kappa shape index (κ2) is 4.75. The molecule has 1 aromatic rings. The summed E-state index contributed by atoms with van der Waals surface area (Å²) in [6.07, 6.45) is 0.524. The number of aliphatic hydroxyl groups is 1. The number of rotatable bonds is 3. The maximum atomic E-state index is 8.81. The number of hydrogen-bond acceptors (Lipinski definition) is 3. The summed E-state index contributed by atoms with van der Waals surface area (Å²) in [7, 11) is 0. The molecule has 74 valence electrons. The minimum Gasteiger partial charge on any atom is -0.396 e. The first-order valence-electron chi connectivity index (χ1n) is 4.56. The lowest BCUT2D eigenvalue weighted by Crippen LogP contribution is -2.13. The molecule has 0 radical (unpaired) electrons. The largest absolute Gasteiger partial charge is 0.396 e. The van der Waals surface area contributed by atoms with E-state index in [1.807, 2.05) is 19.1 Å². The van der Waals surface area contributed by atoms with Crippen LogP contribution in [0.25, 0.3) is 0 Å². The van der Waals surface area contributed by atoms with Crippen LogP contribution >= 0.6 is 0 Å². The maximum Gasteiger partial charge on any atom is 0.0994 e. The van der Waals surface area contributed by atoms with Crippen molar-refractivity contribution in [3.8, 4) is 6.07 Å². The van der Waals surface area contributed by atoms with Crippen molar-refractivity contribution in [2.45, 2.75) is 19.4 Å². The van der Waals surface area contributed by atoms with Crippen LogP contribution < -0.4 is 5.73 Å². The molecule has 1 atom stereocenters. The highest BCUT2D eigenvalue weighted by Crippen LogP contribution is 2.20. The number of nitriles is 1. The first kappa shape index (κ1) is 10.7. The van der Waals surface area contributed by atoms with Crippen LogP contribution in [0.5, 0.6) is 0 Å². The van der Waals surface area contributed by atoms with E-state index in [1.54, 1.807) is 6.07 Å². The minimum absolute atomic E-state index is 0.0669. The maximum absolute atomic E-state index is 8.81. The van der Waals surface area contributed by atoms with Crippen molar-refractivity contribution in [2.75, 3.05) is 6.61 Å². The molecule has 3 N–H and O–H groups in total. The van der Waals surface area contributed by atoms with Gasteiger partial charge < -0.3 is 10.8 Å². The number of hydrogen-bond donors (Lipinski definition) is 2. The Bertz CT molecular complexity index is 355. The highest BCUT2D eigenvalue weighted by molar-refractivity contribution is 5.43. The molecule has 0 spiro atoms. The molecule has 0 bridgehead atoms. The van der Waals surface area contributed by atoms with Crippen LogP contribution in [0.4, 0.5) is 0 Å². The highest BCUT2D eigenvalue weighted by Gasteiger charge is 2.10. The van der Waals surface area contributed by atoms with Crippen LogP contribution in [-0.4, -0.2) is 11.7 Å². The van der Waals surface area contributed by atoms with Crippen molar-refractivity contribution in [1.29, 1.82) is 5.26 Å². The lowest BCUT2D eigenvalue weighted by atomic mass is 9.96. The van der Waals surface area contributed by atoms with Crippen LogP contribution in [0.2, 0.25) is 0 Å². The average Bonchev–Trinajstić information content (AvgIpc) is 2.18. The smallest absolute Gasteiger partial charge is 0.0994 e. The fraction of sp³-hybridized carbons (Fsp3) is 0.364. The van der Waals surface area contributed by atoms with Gasteiger partial charge in [0.2, 0.25) is 0 Å². The van der Waals surface area contributed by atoms with Gasteiger partial charge in [-0.25, -0.2) is 0 Å². The molecule has 0 fully saturated rings. The van der Waals surface area contributed by atoms with E-state index >= 15 is 0 Å². The van der Waals surface area contributed by atoms with Gasteiger partial charge in [0.1, 0.15) is 0 Å². The third-order valence-corrected chi connectivity index (χ3v) is 2.34. The molecule has 3 nitrogen and oxygen atoms in total. The van der Waals surface area contributed by atoms with Crippen LogP contribution in [0.15, 0.2) is 18.2 Å². The third-order valence-electron chi connectivity index (χ3n) is 2.34. The molecule has 1 unspecified atom stereocenters. The molecule has 14 heavy (non-hydrogen) atoms. The highest BCUT2D eigenvalue weighted by atomic mass is 16.3. The van der Waals surface area contributed by atoms with E-state index in [9.17, 15) is 0 Å². The zero-order chi connectivity index (χ0) is 10.6. The van der Waals surface area contributed by atoms with Gasteiger partial charge in [0.05, 0.1) is 11.6 Å². The molecule has 0 amide bonds. The number of nitrogens with two attached hydrogens (primary N) is 1. The second-order valence-corrected chi connectivity index (χ2v) is 3.25. The standard InChI is InChI=1S/C11H14N2O/c1-8-9(7-12)3-2-4-10(8)11(13)5-6-14/h2-4,11,14H,5-6,13H2,1H3. The van der Waals surface area contributed by atoms with Crippen LogP contribution in [0.1, 0.15) is 29.2 Å². The molecule has 0 saturated carbocycles. The van der Waals surface area contributed by atoms with Gasteiger partial charge in [0.15, 0.2) is 0 Å². The normalized spacial score (nSPS) is 12.1. The Labute approximate surface area is 83.8 Å². The summed E-state index contributed by atoms with van der Waals surface area (Å²) in [6.45, 7) is 1.95. The first-order chi connectivity index (χ1) is 6.70. The molecule has 0 aliphatic rings. The van der Waals surface area contributed by atoms with Gasteiger partial charge in [-0.1, -0.05) is 12.1 Å². The fourth-order valence-electron chi connectivity index (χ4n) is 1.47. The van der Waals surface area contributed by atoms with Crippen molar-refractivity contribution in [1.82, 2.24) is 0 Å². The number of aliphatic hydroxyl groups excluding tert-OH is 1. The summed E-state index contributed by atoms with van der Waals surface area (Å²) in [6, 6.07) is 7.41. The summed E-state index contributed by atoms with van der Waals surface area (Å²) >= 11 is 0. The van der Waals surface area contributed by atoms with Gasteiger partial charge >= 0.3 is 0 Å². The van der Waals surface area contributed by atoms with Crippen molar-refractivity contribution in [3.05, 3.63) is 34.9 Å². The molecule has 0 aliphatic carbocycles. The van der Waals surface area contributed by atoms with Crippen molar-refractivity contribution in [2.24, 2.45) is 5.73 Å². The van der Waals surface area contributed by atoms with Gasteiger partial charge in [-0.05, 0) is 30.5 Å². The third kappa shape index (κ3) is 2.11. The van der Waals surface area contributed by atoms with Gasteiger partial charge in [-0.3, -0.25) is 0 Å². The Balaban J connectivity index is 3.04. The van der Waals surface area contributed by atoms with Gasteiger partial charge in [0, 0.05) is 12.6 Å². The molecular weight excluding hydrogens is 176 g/mol. The Morgan fingerprint density at radius 3 is 2.86 bits per heavy atom. The topological polar surface area (TPSA) is 70.0 Å². The Hall–Kier alpha value is -1.37. The van der Waals surface area contributed by atoms with Gasteiger partial charge in [-0.2, -0.15) is 5.26 Å². The first-order valence-corrected chi connectivity index (χ1v) is 4.56. The second-order valence-electron chi connectivity index (χ2n) is 3.25. The zero-order valence-electron chi connectivity index (χ0n) is 8.20. The van der Waals surface area contributed by atoms with Crippen LogP contribution in [0, 0.1) is 18.3 Å².